The molecule has 2 aromatic carbocycles. The number of aromatic amines is 1. The number of aliphatic hydroxyl groups excluding tert-OH is 3. The van der Waals surface area contributed by atoms with Crippen molar-refractivity contribution in [2.24, 2.45) is 17.8 Å². The second-order valence-electron chi connectivity index (χ2n) is 23.0. The van der Waals surface area contributed by atoms with Gasteiger partial charge in [-0.2, -0.15) is 0 Å². The van der Waals surface area contributed by atoms with E-state index in [0.717, 1.165) is 34.0 Å². The number of likely N-dealkylation sites (N-methyl/N-ethyl adjacent to an activating group) is 1. The highest BCUT2D eigenvalue weighted by Gasteiger charge is 2.53. The number of methoxy groups -OCH3 is 1. The second kappa shape index (κ2) is 24.2. The van der Waals surface area contributed by atoms with Gasteiger partial charge in [-0.3, -0.25) is 14.4 Å². The van der Waals surface area contributed by atoms with Crippen molar-refractivity contribution in [2.75, 3.05) is 27.7 Å². The summed E-state index contributed by atoms with van der Waals surface area (Å²) in [6.45, 7) is 19.0. The van der Waals surface area contributed by atoms with Crippen molar-refractivity contribution in [3.63, 3.8) is 0 Å². The third-order valence-electron chi connectivity index (χ3n) is 16.5. The molecule has 2 aromatic heterocycles. The zero-order valence-electron chi connectivity index (χ0n) is 46.2. The van der Waals surface area contributed by atoms with E-state index in [1.807, 2.05) is 106 Å². The Bertz CT molecular complexity index is 2490. The van der Waals surface area contributed by atoms with E-state index in [4.69, 9.17) is 40.0 Å². The molecule has 3 aliphatic rings. The van der Waals surface area contributed by atoms with E-state index >= 15 is 0 Å². The van der Waals surface area contributed by atoms with Crippen LogP contribution in [0.1, 0.15) is 106 Å². The lowest BCUT2D eigenvalue weighted by molar-refractivity contribution is -0.318. The molecule has 0 unspecified atom stereocenters. The van der Waals surface area contributed by atoms with Crippen LogP contribution in [0.4, 0.5) is 0 Å². The lowest BCUT2D eigenvalue weighted by Gasteiger charge is -2.48. The van der Waals surface area contributed by atoms with Gasteiger partial charge in [-0.15, -0.1) is 5.10 Å². The molecular formula is C56H85ClN6O12. The van der Waals surface area contributed by atoms with E-state index in [2.05, 4.69) is 20.2 Å². The van der Waals surface area contributed by atoms with Crippen molar-refractivity contribution in [1.82, 2.24) is 29.8 Å². The first kappa shape index (κ1) is 59.1. The number of cyclic esters (lactones) is 1. The van der Waals surface area contributed by atoms with Gasteiger partial charge in [0.05, 0.1) is 47.7 Å². The Hall–Kier alpha value is -3.60. The number of nitrogens with zero attached hydrogens (tertiary/aromatic N) is 5. The standard InChI is InChI=1S/C56H85ClN6O12/c1-14-45-56(10,69)49(65)35(6)62(29-37-15-17-38(18-16-37)43-30-63(60-59-43)22-21-39-27-58-42-20-19-40(57)24-41(39)42)28-31(2)25-54(8,68)51(75-53-47(64)44(61(11)12)23-32(3)71-53)33(4)48(34(5)52(67)73-45)74-46-26-55(9,70-13)50(66)36(7)72-46/h15-20,24,27,30-36,44-51,53,58,64-66,68-69H,14,21-23,25-26,28-29H2,1-13H3/t31-,32-,33+,34-,35-,36+,44+,45-,46+,47-,48+,49-,50+,51-,53+,54-,55-,56-/m1/s1. The van der Waals surface area contributed by atoms with E-state index < -0.39 is 96.0 Å². The van der Waals surface area contributed by atoms with Gasteiger partial charge in [-0.1, -0.05) is 61.9 Å². The van der Waals surface area contributed by atoms with Crippen LogP contribution in [0.2, 0.25) is 5.02 Å². The van der Waals surface area contributed by atoms with Crippen molar-refractivity contribution in [1.29, 1.82) is 0 Å². The summed E-state index contributed by atoms with van der Waals surface area (Å²) in [5.41, 5.74) is 0.0291. The Kier molecular flexibility index (Phi) is 19.0. The molecule has 0 amide bonds. The van der Waals surface area contributed by atoms with E-state index in [9.17, 15) is 30.3 Å². The highest BCUT2D eigenvalue weighted by atomic mass is 35.5. The number of carbonyl (C=O) groups is 1. The maximum atomic E-state index is 14.7. The second-order valence-corrected chi connectivity index (χ2v) is 23.4. The molecule has 5 heterocycles. The van der Waals surface area contributed by atoms with Crippen molar-refractivity contribution in [2.45, 2.75) is 205 Å². The Morgan fingerprint density at radius 2 is 1.65 bits per heavy atom. The number of hydrogen-bond acceptors (Lipinski definition) is 16. The highest BCUT2D eigenvalue weighted by Crippen LogP contribution is 2.41. The SMILES string of the molecule is CC[C@H]1OC(=O)[C@H](C)[C@@H](O[C@H]2C[C@@](C)(OC)[C@@H](O)[C@H](C)O2)[C@H](C)[C@@H](O[C@@H]2O[C@H](C)C[C@H](N(C)C)[C@H]2O)[C@](C)(O)C[C@@H](C)CN(Cc2ccc(-c3cn(CCc4c[nH]c5ccc(Cl)cc45)nn3)cc2)[C@H](C)[C@@H](O)[C@]1(C)O. The van der Waals surface area contributed by atoms with Gasteiger partial charge in [0.25, 0.3) is 0 Å². The van der Waals surface area contributed by atoms with Crippen LogP contribution in [0.15, 0.2) is 54.9 Å². The smallest absolute Gasteiger partial charge is 0.311 e. The number of fused-ring (bicyclic) bond motifs is 1. The number of halogens is 1. The molecule has 418 valence electrons. The quantitative estimate of drug-likeness (QED) is 0.0831. The number of hydrogen-bond donors (Lipinski definition) is 6. The Balaban J connectivity index is 1.19. The van der Waals surface area contributed by atoms with Crippen LogP contribution in [0.3, 0.4) is 0 Å². The van der Waals surface area contributed by atoms with Gasteiger partial charge in [0.2, 0.25) is 0 Å². The largest absolute Gasteiger partial charge is 0.459 e. The van der Waals surface area contributed by atoms with Gasteiger partial charge in [0, 0.05) is 78.9 Å². The minimum Gasteiger partial charge on any atom is -0.459 e. The van der Waals surface area contributed by atoms with Gasteiger partial charge in [-0.05, 0) is 123 Å². The molecular weight excluding hydrogens is 984 g/mol. The fourth-order valence-electron chi connectivity index (χ4n) is 12.0. The van der Waals surface area contributed by atoms with Crippen molar-refractivity contribution in [3.05, 3.63) is 71.0 Å². The topological polar surface area (TPSA) is 227 Å². The number of aliphatic hydroxyl groups is 5. The van der Waals surface area contributed by atoms with Crippen molar-refractivity contribution < 1.29 is 58.7 Å². The van der Waals surface area contributed by atoms with E-state index in [1.54, 1.807) is 34.6 Å². The molecule has 3 fully saturated rings. The molecule has 0 radical (unpaired) electrons. The van der Waals surface area contributed by atoms with Gasteiger partial charge in [-0.25, -0.2) is 0 Å². The Labute approximate surface area is 447 Å². The maximum absolute atomic E-state index is 14.7. The summed E-state index contributed by atoms with van der Waals surface area (Å²) in [4.78, 5) is 22.0. The van der Waals surface area contributed by atoms with Gasteiger partial charge in [0.1, 0.15) is 35.7 Å². The predicted octanol–water partition coefficient (Wildman–Crippen LogP) is 6.11. The minimum atomic E-state index is -1.92. The van der Waals surface area contributed by atoms with Crippen LogP contribution < -0.4 is 0 Å². The van der Waals surface area contributed by atoms with E-state index in [-0.39, 0.29) is 37.3 Å². The predicted molar refractivity (Wildman–Crippen MR) is 284 cm³/mol. The number of carbonyl (C=O) groups excluding carboxylic acids is 1. The fourth-order valence-corrected chi connectivity index (χ4v) is 12.1. The first-order valence-electron chi connectivity index (χ1n) is 26.8. The lowest BCUT2D eigenvalue weighted by Crippen LogP contribution is -2.60. The number of benzene rings is 2. The zero-order chi connectivity index (χ0) is 54.9. The molecule has 4 aromatic rings. The Morgan fingerprint density at radius 3 is 2.32 bits per heavy atom. The van der Waals surface area contributed by atoms with Crippen LogP contribution in [0.25, 0.3) is 22.2 Å². The van der Waals surface area contributed by atoms with E-state index in [1.165, 1.54) is 14.0 Å². The normalized spacial score (nSPS) is 38.1. The van der Waals surface area contributed by atoms with Crippen LogP contribution in [-0.4, -0.2) is 179 Å². The number of ether oxygens (including phenoxy) is 6. The first-order chi connectivity index (χ1) is 35.3. The number of H-pyrrole nitrogens is 1. The van der Waals surface area contributed by atoms with Crippen molar-refractivity contribution in [3.8, 4) is 11.3 Å². The summed E-state index contributed by atoms with van der Waals surface area (Å²) in [7, 11) is 5.28. The monoisotopic (exact) mass is 1070 g/mol. The zero-order valence-corrected chi connectivity index (χ0v) is 47.0. The summed E-state index contributed by atoms with van der Waals surface area (Å²) >= 11 is 6.29. The molecule has 18 nitrogen and oxygen atoms in total. The molecule has 18 atom stereocenters. The third kappa shape index (κ3) is 13.3. The summed E-state index contributed by atoms with van der Waals surface area (Å²) in [6, 6.07) is 12.8. The number of aromatic nitrogens is 4. The number of esters is 1. The molecule has 19 heteroatoms. The molecule has 7 rings (SSSR count). The maximum Gasteiger partial charge on any atom is 0.311 e. The third-order valence-corrected chi connectivity index (χ3v) is 16.8. The molecule has 3 saturated heterocycles. The van der Waals surface area contributed by atoms with Crippen LogP contribution in [-0.2, 0) is 52.7 Å². The fraction of sp³-hybridized carbons (Fsp3) is 0.696. The van der Waals surface area contributed by atoms with Crippen LogP contribution in [0, 0.1) is 17.8 Å². The summed E-state index contributed by atoms with van der Waals surface area (Å²) in [5, 5.41) is 71.3. The molecule has 0 aliphatic carbocycles. The number of nitrogens with one attached hydrogen (secondary N) is 1. The molecule has 0 spiro atoms. The molecule has 75 heavy (non-hydrogen) atoms. The van der Waals surface area contributed by atoms with Gasteiger partial charge >= 0.3 is 5.97 Å². The molecule has 3 aliphatic heterocycles. The van der Waals surface area contributed by atoms with E-state index in [0.29, 0.717) is 36.8 Å². The van der Waals surface area contributed by atoms with Crippen LogP contribution >= 0.6 is 11.6 Å². The molecule has 0 saturated carbocycles. The van der Waals surface area contributed by atoms with Crippen molar-refractivity contribution >= 4 is 28.5 Å². The number of rotatable bonds is 13. The van der Waals surface area contributed by atoms with Crippen LogP contribution in [0.5, 0.6) is 0 Å². The average Bonchev–Trinajstić information content (AvgIpc) is 4.01. The average molecular weight is 1070 g/mol. The molecule has 6 N–H and O–H groups in total. The summed E-state index contributed by atoms with van der Waals surface area (Å²) in [5.74, 6) is -2.87. The summed E-state index contributed by atoms with van der Waals surface area (Å²) < 4.78 is 40.2. The van der Waals surface area contributed by atoms with Gasteiger partial charge in [0.15, 0.2) is 12.6 Å². The molecule has 0 bridgehead atoms. The van der Waals surface area contributed by atoms with Gasteiger partial charge < -0.3 is 63.8 Å². The first-order valence-corrected chi connectivity index (χ1v) is 27.2. The highest BCUT2D eigenvalue weighted by molar-refractivity contribution is 6.31. The number of aryl methyl sites for hydroxylation is 2. The summed E-state index contributed by atoms with van der Waals surface area (Å²) in [6.07, 6.45) is -4.35. The minimum absolute atomic E-state index is 0.103. The lowest BCUT2D eigenvalue weighted by atomic mass is 9.77. The Morgan fingerprint density at radius 1 is 0.947 bits per heavy atom.